The van der Waals surface area contributed by atoms with Crippen LogP contribution in [0.1, 0.15) is 5.56 Å². The molecule has 1 amide bonds. The average molecular weight is 397 g/mol. The van der Waals surface area contributed by atoms with Crippen molar-refractivity contribution in [2.45, 2.75) is 6.42 Å². The second kappa shape index (κ2) is 7.99. The van der Waals surface area contributed by atoms with Crippen LogP contribution in [0, 0.1) is 5.92 Å². The first-order chi connectivity index (χ1) is 14.8. The van der Waals surface area contributed by atoms with E-state index < -0.39 is 0 Å². The number of anilines is 1. The number of benzene rings is 2. The monoisotopic (exact) mass is 397 g/mol. The lowest BCUT2D eigenvalue weighted by molar-refractivity contribution is -0.125. The Bertz CT molecular complexity index is 1160. The molecule has 2 N–H and O–H groups in total. The molecule has 0 aliphatic carbocycles. The van der Waals surface area contributed by atoms with Gasteiger partial charge in [0, 0.05) is 48.4 Å². The number of fused-ring (bicyclic) bond motifs is 1. The van der Waals surface area contributed by atoms with E-state index in [0.29, 0.717) is 19.6 Å². The third-order valence-corrected chi connectivity index (χ3v) is 5.67. The number of aromatic amines is 1. The molecule has 1 fully saturated rings. The minimum Gasteiger partial charge on any atom is -0.361 e. The van der Waals surface area contributed by atoms with Crippen LogP contribution in [0.2, 0.25) is 0 Å². The molecule has 6 heteroatoms. The lowest BCUT2D eigenvalue weighted by atomic mass is 9.99. The third-order valence-electron chi connectivity index (χ3n) is 5.67. The smallest absolute Gasteiger partial charge is 0.226 e. The van der Waals surface area contributed by atoms with Crippen molar-refractivity contribution in [1.29, 1.82) is 0 Å². The lowest BCUT2D eigenvalue weighted by Gasteiger charge is -2.39. The summed E-state index contributed by atoms with van der Waals surface area (Å²) < 4.78 is 0. The van der Waals surface area contributed by atoms with E-state index in [1.54, 1.807) is 6.33 Å². The quantitative estimate of drug-likeness (QED) is 0.523. The van der Waals surface area contributed by atoms with Crippen molar-refractivity contribution in [3.63, 3.8) is 0 Å². The summed E-state index contributed by atoms with van der Waals surface area (Å²) in [6, 6.07) is 20.3. The highest BCUT2D eigenvalue weighted by Gasteiger charge is 2.33. The number of nitrogens with zero attached hydrogens (tertiary/aromatic N) is 3. The Morgan fingerprint density at radius 2 is 1.87 bits per heavy atom. The zero-order valence-electron chi connectivity index (χ0n) is 16.6. The van der Waals surface area contributed by atoms with Gasteiger partial charge in [-0.3, -0.25) is 4.79 Å². The van der Waals surface area contributed by atoms with Gasteiger partial charge in [0.25, 0.3) is 0 Å². The molecule has 5 rings (SSSR count). The zero-order chi connectivity index (χ0) is 20.3. The maximum absolute atomic E-state index is 12.5. The van der Waals surface area contributed by atoms with Gasteiger partial charge in [0.15, 0.2) is 0 Å². The molecule has 3 heterocycles. The summed E-state index contributed by atoms with van der Waals surface area (Å²) in [5.74, 6) is 0.984. The van der Waals surface area contributed by atoms with Crippen LogP contribution in [0.25, 0.3) is 22.2 Å². The van der Waals surface area contributed by atoms with Gasteiger partial charge >= 0.3 is 0 Å². The average Bonchev–Trinajstić information content (AvgIpc) is 3.17. The fraction of sp³-hybridized carbons (Fsp3) is 0.208. The van der Waals surface area contributed by atoms with E-state index >= 15 is 0 Å². The van der Waals surface area contributed by atoms with Gasteiger partial charge in [0.2, 0.25) is 5.91 Å². The number of hydrogen-bond donors (Lipinski definition) is 2. The number of carbonyl (C=O) groups excluding carboxylic acids is 1. The molecule has 0 spiro atoms. The fourth-order valence-corrected chi connectivity index (χ4v) is 3.92. The summed E-state index contributed by atoms with van der Waals surface area (Å²) >= 11 is 0. The van der Waals surface area contributed by atoms with Crippen molar-refractivity contribution < 1.29 is 4.79 Å². The van der Waals surface area contributed by atoms with E-state index in [2.05, 4.69) is 37.3 Å². The summed E-state index contributed by atoms with van der Waals surface area (Å²) in [6.45, 7) is 2.01. The molecule has 30 heavy (non-hydrogen) atoms. The highest BCUT2D eigenvalue weighted by Crippen LogP contribution is 2.26. The number of H-pyrrole nitrogens is 1. The molecular weight excluding hydrogens is 374 g/mol. The molecule has 2 aromatic heterocycles. The first-order valence-corrected chi connectivity index (χ1v) is 10.2. The molecule has 0 bridgehead atoms. The number of aromatic nitrogens is 3. The zero-order valence-corrected chi connectivity index (χ0v) is 16.6. The van der Waals surface area contributed by atoms with Crippen LogP contribution in [0.15, 0.2) is 73.2 Å². The Morgan fingerprint density at radius 3 is 2.73 bits per heavy atom. The molecule has 0 atom stereocenters. The summed E-state index contributed by atoms with van der Waals surface area (Å²) in [5, 5.41) is 4.31. The predicted molar refractivity (Wildman–Crippen MR) is 118 cm³/mol. The van der Waals surface area contributed by atoms with E-state index in [-0.39, 0.29) is 11.8 Å². The summed E-state index contributed by atoms with van der Waals surface area (Å²) in [5.41, 5.74) is 4.32. The Balaban J connectivity index is 1.14. The first kappa shape index (κ1) is 18.4. The number of rotatable bonds is 6. The van der Waals surface area contributed by atoms with E-state index in [1.807, 2.05) is 54.7 Å². The Kier molecular flexibility index (Phi) is 4.89. The molecule has 1 aliphatic heterocycles. The predicted octanol–water partition coefficient (Wildman–Crippen LogP) is 3.42. The molecule has 4 aromatic rings. The number of hydrogen-bond acceptors (Lipinski definition) is 4. The Labute approximate surface area is 175 Å². The highest BCUT2D eigenvalue weighted by atomic mass is 16.2. The van der Waals surface area contributed by atoms with E-state index in [9.17, 15) is 4.79 Å². The molecule has 2 aromatic carbocycles. The number of para-hydroxylation sites is 1. The second-order valence-electron chi connectivity index (χ2n) is 7.63. The molecule has 1 saturated heterocycles. The largest absolute Gasteiger partial charge is 0.361 e. The highest BCUT2D eigenvalue weighted by molar-refractivity contribution is 5.84. The molecule has 0 radical (unpaired) electrons. The lowest BCUT2D eigenvalue weighted by Crippen LogP contribution is -2.54. The molecular formula is C24H23N5O. The van der Waals surface area contributed by atoms with Crippen LogP contribution in [0.3, 0.4) is 0 Å². The summed E-state index contributed by atoms with van der Waals surface area (Å²) in [4.78, 5) is 26.7. The Morgan fingerprint density at radius 1 is 1.07 bits per heavy atom. The fourth-order valence-electron chi connectivity index (χ4n) is 3.92. The molecule has 6 nitrogen and oxygen atoms in total. The Hall–Kier alpha value is -3.67. The van der Waals surface area contributed by atoms with E-state index in [4.69, 9.17) is 0 Å². The van der Waals surface area contributed by atoms with Crippen molar-refractivity contribution in [3.8, 4) is 11.3 Å². The van der Waals surface area contributed by atoms with Gasteiger partial charge in [0.1, 0.15) is 12.1 Å². The molecule has 150 valence electrons. The maximum atomic E-state index is 12.5. The number of carbonyl (C=O) groups is 1. The van der Waals surface area contributed by atoms with Crippen LogP contribution in [-0.2, 0) is 11.2 Å². The van der Waals surface area contributed by atoms with Gasteiger partial charge in [-0.1, -0.05) is 48.5 Å². The van der Waals surface area contributed by atoms with Crippen molar-refractivity contribution >= 4 is 22.6 Å². The van der Waals surface area contributed by atoms with E-state index in [0.717, 1.165) is 29.0 Å². The van der Waals surface area contributed by atoms with Gasteiger partial charge in [0.05, 0.1) is 11.6 Å². The summed E-state index contributed by atoms with van der Waals surface area (Å²) in [7, 11) is 0. The van der Waals surface area contributed by atoms with Gasteiger partial charge < -0.3 is 15.2 Å². The summed E-state index contributed by atoms with van der Waals surface area (Å²) in [6.07, 6.45) is 4.44. The van der Waals surface area contributed by atoms with Gasteiger partial charge in [-0.15, -0.1) is 0 Å². The minimum absolute atomic E-state index is 0.00288. The minimum atomic E-state index is 0.00288. The van der Waals surface area contributed by atoms with E-state index in [1.165, 1.54) is 10.9 Å². The maximum Gasteiger partial charge on any atom is 0.226 e. The van der Waals surface area contributed by atoms with Gasteiger partial charge in [-0.05, 0) is 18.1 Å². The van der Waals surface area contributed by atoms with Crippen LogP contribution < -0.4 is 10.2 Å². The van der Waals surface area contributed by atoms with Crippen molar-refractivity contribution in [1.82, 2.24) is 20.3 Å². The SMILES string of the molecule is O=C(NCCc1c[nH]c2ccccc12)C1CN(c2cc(-c3ccccc3)ncn2)C1. The van der Waals surface area contributed by atoms with Crippen LogP contribution >= 0.6 is 0 Å². The normalized spacial score (nSPS) is 13.9. The van der Waals surface area contributed by atoms with Crippen molar-refractivity contribution in [3.05, 3.63) is 78.8 Å². The second-order valence-corrected chi connectivity index (χ2v) is 7.63. The van der Waals surface area contributed by atoms with Gasteiger partial charge in [-0.2, -0.15) is 0 Å². The third kappa shape index (κ3) is 3.64. The number of amides is 1. The van der Waals surface area contributed by atoms with Crippen molar-refractivity contribution in [2.75, 3.05) is 24.5 Å². The molecule has 1 aliphatic rings. The standard InChI is InChI=1S/C24H23N5O/c30-24(25-11-10-18-13-26-21-9-5-4-8-20(18)21)19-14-29(15-19)23-12-22(27-16-28-23)17-6-2-1-3-7-17/h1-9,12-13,16,19,26H,10-11,14-15H2,(H,25,30). The van der Waals surface area contributed by atoms with Crippen molar-refractivity contribution in [2.24, 2.45) is 5.92 Å². The van der Waals surface area contributed by atoms with Gasteiger partial charge in [-0.25, -0.2) is 9.97 Å². The topological polar surface area (TPSA) is 73.9 Å². The van der Waals surface area contributed by atoms with Crippen LogP contribution in [-0.4, -0.2) is 40.5 Å². The first-order valence-electron chi connectivity index (χ1n) is 10.2. The van der Waals surface area contributed by atoms with Crippen LogP contribution in [0.4, 0.5) is 5.82 Å². The molecule has 0 unspecified atom stereocenters. The number of nitrogens with one attached hydrogen (secondary N) is 2. The molecule has 0 saturated carbocycles. The van der Waals surface area contributed by atoms with Crippen LogP contribution in [0.5, 0.6) is 0 Å².